The molecule has 4 aromatic rings. The molecule has 2 heterocycles. The summed E-state index contributed by atoms with van der Waals surface area (Å²) in [7, 11) is -2.31. The number of ether oxygens (including phenoxy) is 1. The van der Waals surface area contributed by atoms with Gasteiger partial charge in [0, 0.05) is 11.8 Å². The van der Waals surface area contributed by atoms with Gasteiger partial charge in [0.05, 0.1) is 17.7 Å². The lowest BCUT2D eigenvalue weighted by Crippen LogP contribution is -2.13. The number of benzene rings is 2. The third-order valence-corrected chi connectivity index (χ3v) is 5.57. The van der Waals surface area contributed by atoms with Crippen LogP contribution in [0.5, 0.6) is 5.75 Å². The maximum atomic E-state index is 12.8. The number of aryl methyl sites for hydroxylation is 1. The van der Waals surface area contributed by atoms with Gasteiger partial charge in [-0.3, -0.25) is 4.72 Å². The van der Waals surface area contributed by atoms with E-state index in [0.29, 0.717) is 28.4 Å². The average molecular weight is 395 g/mol. The van der Waals surface area contributed by atoms with Crippen LogP contribution in [0.25, 0.3) is 22.7 Å². The van der Waals surface area contributed by atoms with Gasteiger partial charge in [-0.1, -0.05) is 17.7 Å². The zero-order chi connectivity index (χ0) is 19.7. The lowest BCUT2D eigenvalue weighted by molar-refractivity contribution is 0.417. The second-order valence-corrected chi connectivity index (χ2v) is 7.86. The second-order valence-electron chi connectivity index (χ2n) is 6.18. The molecule has 4 rings (SSSR count). The van der Waals surface area contributed by atoms with E-state index < -0.39 is 10.0 Å². The van der Waals surface area contributed by atoms with Gasteiger partial charge in [0.15, 0.2) is 11.2 Å². The number of sulfonamides is 1. The third kappa shape index (κ3) is 3.41. The Labute approximate surface area is 162 Å². The number of nitrogens with one attached hydrogen (secondary N) is 1. The van der Waals surface area contributed by atoms with E-state index in [1.807, 2.05) is 6.92 Å². The average Bonchev–Trinajstić information content (AvgIpc) is 3.12. The van der Waals surface area contributed by atoms with Crippen LogP contribution in [-0.2, 0) is 10.0 Å². The monoisotopic (exact) mass is 395 g/mol. The Balaban J connectivity index is 1.73. The molecule has 0 aliphatic heterocycles. The van der Waals surface area contributed by atoms with Gasteiger partial charge in [-0.2, -0.15) is 4.98 Å². The largest absolute Gasteiger partial charge is 0.495 e. The quantitative estimate of drug-likeness (QED) is 0.549. The van der Waals surface area contributed by atoms with Gasteiger partial charge in [-0.05, 0) is 49.4 Å². The normalized spacial score (nSPS) is 11.5. The fourth-order valence-electron chi connectivity index (χ4n) is 2.73. The Morgan fingerprint density at radius 3 is 2.57 bits per heavy atom. The van der Waals surface area contributed by atoms with Crippen LogP contribution in [0.3, 0.4) is 0 Å². The van der Waals surface area contributed by atoms with Gasteiger partial charge in [0.2, 0.25) is 5.89 Å². The number of pyridine rings is 1. The van der Waals surface area contributed by atoms with Crippen LogP contribution in [0.15, 0.2) is 70.1 Å². The van der Waals surface area contributed by atoms with Gasteiger partial charge < -0.3 is 9.15 Å². The first-order chi connectivity index (χ1) is 13.5. The standard InChI is InChI=1S/C20H17N3O4S/c1-13-5-8-15(9-6-13)28(24,25)23-16-12-14(7-10-17(16)26-2)20-22-19-18(27-20)4-3-11-21-19/h3-12,23H,1-2H3. The Morgan fingerprint density at radius 2 is 1.86 bits per heavy atom. The molecular formula is C20H17N3O4S. The maximum Gasteiger partial charge on any atom is 0.262 e. The van der Waals surface area contributed by atoms with Crippen molar-refractivity contribution in [2.24, 2.45) is 0 Å². The predicted molar refractivity (Wildman–Crippen MR) is 106 cm³/mol. The van der Waals surface area contributed by atoms with Crippen LogP contribution < -0.4 is 9.46 Å². The summed E-state index contributed by atoms with van der Waals surface area (Å²) in [6.07, 6.45) is 1.63. The smallest absolute Gasteiger partial charge is 0.262 e. The zero-order valence-electron chi connectivity index (χ0n) is 15.2. The molecule has 0 atom stereocenters. The van der Waals surface area contributed by atoms with Gasteiger partial charge in [0.25, 0.3) is 10.0 Å². The van der Waals surface area contributed by atoms with E-state index in [-0.39, 0.29) is 10.6 Å². The topological polar surface area (TPSA) is 94.3 Å². The predicted octanol–water partition coefficient (Wildman–Crippen LogP) is 4.01. The SMILES string of the molecule is COc1ccc(-c2nc3ncccc3o2)cc1NS(=O)(=O)c1ccc(C)cc1. The molecule has 0 saturated carbocycles. The molecule has 1 N–H and O–H groups in total. The number of aromatic nitrogens is 2. The summed E-state index contributed by atoms with van der Waals surface area (Å²) >= 11 is 0. The van der Waals surface area contributed by atoms with Crippen LogP contribution in [-0.4, -0.2) is 25.5 Å². The van der Waals surface area contributed by atoms with Gasteiger partial charge >= 0.3 is 0 Å². The van der Waals surface area contributed by atoms with Gasteiger partial charge in [0.1, 0.15) is 5.75 Å². The Morgan fingerprint density at radius 1 is 1.07 bits per heavy atom. The molecule has 142 valence electrons. The molecule has 0 radical (unpaired) electrons. The van der Waals surface area contributed by atoms with Crippen molar-refractivity contribution in [3.05, 3.63) is 66.4 Å². The first-order valence-corrected chi connectivity index (χ1v) is 9.94. The number of nitrogens with zero attached hydrogens (tertiary/aromatic N) is 2. The molecule has 0 aliphatic carbocycles. The molecule has 0 spiro atoms. The van der Waals surface area contributed by atoms with Crippen molar-refractivity contribution >= 4 is 26.9 Å². The third-order valence-electron chi connectivity index (χ3n) is 4.19. The van der Waals surface area contributed by atoms with E-state index in [1.54, 1.807) is 60.8 Å². The van der Waals surface area contributed by atoms with Crippen molar-refractivity contribution in [1.82, 2.24) is 9.97 Å². The lowest BCUT2D eigenvalue weighted by Gasteiger charge is -2.13. The fraction of sp³-hybridized carbons (Fsp3) is 0.100. The molecule has 0 aliphatic rings. The minimum Gasteiger partial charge on any atom is -0.495 e. The summed E-state index contributed by atoms with van der Waals surface area (Å²) < 4.78 is 39.1. The molecular weight excluding hydrogens is 378 g/mol. The minimum atomic E-state index is -3.78. The molecule has 2 aromatic heterocycles. The van der Waals surface area contributed by atoms with Gasteiger partial charge in [-0.25, -0.2) is 13.4 Å². The Bertz CT molecular complexity index is 1220. The Kier molecular flexibility index (Phi) is 4.48. The van der Waals surface area contributed by atoms with E-state index in [2.05, 4.69) is 14.7 Å². The van der Waals surface area contributed by atoms with E-state index >= 15 is 0 Å². The van der Waals surface area contributed by atoms with Crippen LogP contribution >= 0.6 is 0 Å². The van der Waals surface area contributed by atoms with Crippen LogP contribution in [0, 0.1) is 6.92 Å². The summed E-state index contributed by atoms with van der Waals surface area (Å²) in [4.78, 5) is 8.66. The van der Waals surface area contributed by atoms with Crippen molar-refractivity contribution in [3.8, 4) is 17.2 Å². The van der Waals surface area contributed by atoms with E-state index in [0.717, 1.165) is 5.56 Å². The molecule has 2 aromatic carbocycles. The molecule has 0 amide bonds. The van der Waals surface area contributed by atoms with Crippen molar-refractivity contribution in [2.75, 3.05) is 11.8 Å². The van der Waals surface area contributed by atoms with Gasteiger partial charge in [-0.15, -0.1) is 0 Å². The van der Waals surface area contributed by atoms with Crippen molar-refractivity contribution in [2.45, 2.75) is 11.8 Å². The molecule has 0 fully saturated rings. The van der Waals surface area contributed by atoms with Crippen molar-refractivity contribution in [3.63, 3.8) is 0 Å². The fourth-order valence-corrected chi connectivity index (χ4v) is 3.80. The van der Waals surface area contributed by atoms with Crippen molar-refractivity contribution in [1.29, 1.82) is 0 Å². The number of methoxy groups -OCH3 is 1. The summed E-state index contributed by atoms with van der Waals surface area (Å²) in [5, 5.41) is 0. The molecule has 0 unspecified atom stereocenters. The molecule has 28 heavy (non-hydrogen) atoms. The van der Waals surface area contributed by atoms with E-state index in [9.17, 15) is 8.42 Å². The van der Waals surface area contributed by atoms with E-state index in [4.69, 9.17) is 9.15 Å². The number of anilines is 1. The summed E-state index contributed by atoms with van der Waals surface area (Å²) in [5.74, 6) is 0.723. The number of hydrogen-bond donors (Lipinski definition) is 1. The number of fused-ring (bicyclic) bond motifs is 1. The first kappa shape index (κ1) is 18.0. The summed E-state index contributed by atoms with van der Waals surface area (Å²) in [5.41, 5.74) is 2.89. The van der Waals surface area contributed by atoms with Crippen LogP contribution in [0.2, 0.25) is 0 Å². The number of oxazole rings is 1. The van der Waals surface area contributed by atoms with Crippen molar-refractivity contribution < 1.29 is 17.6 Å². The number of hydrogen-bond acceptors (Lipinski definition) is 6. The second kappa shape index (κ2) is 6.97. The highest BCUT2D eigenvalue weighted by atomic mass is 32.2. The number of rotatable bonds is 5. The molecule has 0 bridgehead atoms. The summed E-state index contributed by atoms with van der Waals surface area (Å²) in [6, 6.07) is 15.1. The molecule has 7 nitrogen and oxygen atoms in total. The maximum absolute atomic E-state index is 12.8. The molecule has 8 heteroatoms. The summed E-state index contributed by atoms with van der Waals surface area (Å²) in [6.45, 7) is 1.89. The van der Waals surface area contributed by atoms with Crippen LogP contribution in [0.4, 0.5) is 5.69 Å². The minimum absolute atomic E-state index is 0.164. The highest BCUT2D eigenvalue weighted by Gasteiger charge is 2.18. The first-order valence-electron chi connectivity index (χ1n) is 8.46. The zero-order valence-corrected chi connectivity index (χ0v) is 16.0. The highest BCUT2D eigenvalue weighted by molar-refractivity contribution is 7.92. The highest BCUT2D eigenvalue weighted by Crippen LogP contribution is 2.33. The Hall–Kier alpha value is -3.39. The lowest BCUT2D eigenvalue weighted by atomic mass is 10.2. The molecule has 0 saturated heterocycles. The van der Waals surface area contributed by atoms with E-state index in [1.165, 1.54) is 7.11 Å². The van der Waals surface area contributed by atoms with Crippen LogP contribution in [0.1, 0.15) is 5.56 Å².